The molecule has 0 radical (unpaired) electrons. The molecule has 2 heteroatoms. The van der Waals surface area contributed by atoms with E-state index in [-0.39, 0.29) is 0 Å². The molecule has 9 heavy (non-hydrogen) atoms. The summed E-state index contributed by atoms with van der Waals surface area (Å²) in [5.74, 6) is 3.14. The summed E-state index contributed by atoms with van der Waals surface area (Å²) in [6, 6.07) is 0. The first kappa shape index (κ1) is 9.26. The summed E-state index contributed by atoms with van der Waals surface area (Å²) in [6.07, 6.45) is 0.990. The van der Waals surface area contributed by atoms with Crippen LogP contribution < -0.4 is 0 Å². The van der Waals surface area contributed by atoms with E-state index in [0.717, 1.165) is 11.8 Å². The van der Waals surface area contributed by atoms with Gasteiger partial charge >= 0.3 is 0 Å². The van der Waals surface area contributed by atoms with Crippen molar-refractivity contribution in [3.05, 3.63) is 0 Å². The SMILES string of the molecule is C[Si](C)(C)C#CCCBr. The number of hydrogen-bond acceptors (Lipinski definition) is 0. The molecule has 0 spiro atoms. The van der Waals surface area contributed by atoms with Gasteiger partial charge in [-0.05, 0) is 0 Å². The fourth-order valence-electron chi connectivity index (χ4n) is 0.375. The molecule has 0 fully saturated rings. The third-order valence-corrected chi connectivity index (χ3v) is 2.01. The summed E-state index contributed by atoms with van der Waals surface area (Å²) < 4.78 is 0. The number of alkyl halides is 1. The van der Waals surface area contributed by atoms with Gasteiger partial charge < -0.3 is 0 Å². The van der Waals surface area contributed by atoms with Crippen LogP contribution in [0.2, 0.25) is 19.6 Å². The van der Waals surface area contributed by atoms with Crippen LogP contribution in [0.15, 0.2) is 0 Å². The highest BCUT2D eigenvalue weighted by Crippen LogP contribution is 1.96. The zero-order valence-electron chi connectivity index (χ0n) is 6.29. The van der Waals surface area contributed by atoms with E-state index in [1.807, 2.05) is 0 Å². The van der Waals surface area contributed by atoms with Gasteiger partial charge in [-0.15, -0.1) is 11.5 Å². The minimum absolute atomic E-state index is 0.990. The predicted molar refractivity (Wildman–Crippen MR) is 49.5 cm³/mol. The Labute approximate surface area is 67.2 Å². The van der Waals surface area contributed by atoms with Crippen molar-refractivity contribution in [3.8, 4) is 11.5 Å². The van der Waals surface area contributed by atoms with Crippen molar-refractivity contribution in [2.45, 2.75) is 26.1 Å². The molecule has 52 valence electrons. The van der Waals surface area contributed by atoms with E-state index in [4.69, 9.17) is 0 Å². The maximum absolute atomic E-state index is 3.33. The molecular formula is C7H13BrSi. The van der Waals surface area contributed by atoms with Crippen molar-refractivity contribution < 1.29 is 0 Å². The van der Waals surface area contributed by atoms with Crippen LogP contribution in [0.3, 0.4) is 0 Å². The zero-order valence-corrected chi connectivity index (χ0v) is 8.88. The van der Waals surface area contributed by atoms with Gasteiger partial charge in [-0.1, -0.05) is 35.6 Å². The van der Waals surface area contributed by atoms with Crippen LogP contribution in [0.4, 0.5) is 0 Å². The minimum atomic E-state index is -1.08. The monoisotopic (exact) mass is 204 g/mol. The molecule has 0 heterocycles. The molecule has 0 N–H and O–H groups in total. The molecule has 0 nitrogen and oxygen atoms in total. The molecule has 0 aliphatic heterocycles. The topological polar surface area (TPSA) is 0 Å². The van der Waals surface area contributed by atoms with Gasteiger partial charge in [-0.25, -0.2) is 0 Å². The zero-order chi connectivity index (χ0) is 7.33. The quantitative estimate of drug-likeness (QED) is 0.350. The average Bonchev–Trinajstić information content (AvgIpc) is 1.63. The molecular weight excluding hydrogens is 192 g/mol. The first-order chi connectivity index (χ1) is 4.06. The number of rotatable bonds is 1. The van der Waals surface area contributed by atoms with E-state index in [1.165, 1.54) is 0 Å². The maximum atomic E-state index is 3.33. The summed E-state index contributed by atoms with van der Waals surface area (Å²) in [4.78, 5) is 0. The molecule has 0 atom stereocenters. The fourth-order valence-corrected chi connectivity index (χ4v) is 1.23. The van der Waals surface area contributed by atoms with Crippen LogP contribution >= 0.6 is 15.9 Å². The third-order valence-electron chi connectivity index (χ3n) is 0.683. The lowest BCUT2D eigenvalue weighted by atomic mass is 10.5. The van der Waals surface area contributed by atoms with E-state index in [2.05, 4.69) is 47.0 Å². The Morgan fingerprint density at radius 3 is 2.22 bits per heavy atom. The van der Waals surface area contributed by atoms with Gasteiger partial charge in [0.05, 0.1) is 0 Å². The van der Waals surface area contributed by atoms with E-state index >= 15 is 0 Å². The number of halogens is 1. The van der Waals surface area contributed by atoms with Gasteiger partial charge in [0.2, 0.25) is 0 Å². The Morgan fingerprint density at radius 2 is 1.89 bits per heavy atom. The lowest BCUT2D eigenvalue weighted by molar-refractivity contribution is 1.32. The van der Waals surface area contributed by atoms with Gasteiger partial charge in [0.25, 0.3) is 0 Å². The third kappa shape index (κ3) is 8.26. The fraction of sp³-hybridized carbons (Fsp3) is 0.714. The molecule has 0 aromatic heterocycles. The van der Waals surface area contributed by atoms with Crippen LogP contribution in [0, 0.1) is 11.5 Å². The molecule has 0 aromatic carbocycles. The average molecular weight is 205 g/mol. The minimum Gasteiger partial charge on any atom is -0.132 e. The van der Waals surface area contributed by atoms with Crippen molar-refractivity contribution in [1.29, 1.82) is 0 Å². The molecule has 0 saturated carbocycles. The van der Waals surface area contributed by atoms with E-state index in [0.29, 0.717) is 0 Å². The molecule has 0 amide bonds. The highest BCUT2D eigenvalue weighted by molar-refractivity contribution is 9.09. The lowest BCUT2D eigenvalue weighted by Gasteiger charge is -2.02. The van der Waals surface area contributed by atoms with Crippen LogP contribution in [-0.4, -0.2) is 13.4 Å². The summed E-state index contributed by atoms with van der Waals surface area (Å²) in [5, 5.41) is 1.00. The van der Waals surface area contributed by atoms with E-state index < -0.39 is 8.07 Å². The summed E-state index contributed by atoms with van der Waals surface area (Å²) >= 11 is 3.33. The summed E-state index contributed by atoms with van der Waals surface area (Å²) in [5.41, 5.74) is 3.28. The van der Waals surface area contributed by atoms with Crippen molar-refractivity contribution in [1.82, 2.24) is 0 Å². The Hall–Kier alpha value is 0.257. The van der Waals surface area contributed by atoms with Gasteiger partial charge in [0, 0.05) is 11.8 Å². The molecule has 0 aromatic rings. The Balaban J connectivity index is 3.59. The van der Waals surface area contributed by atoms with E-state index in [1.54, 1.807) is 0 Å². The Morgan fingerprint density at radius 1 is 1.33 bits per heavy atom. The largest absolute Gasteiger partial charge is 0.132 e. The standard InChI is InChI=1S/C7H13BrSi/c1-9(2,3)7-5-4-6-8/h4,6H2,1-3H3. The molecule has 0 unspecified atom stereocenters. The van der Waals surface area contributed by atoms with Crippen molar-refractivity contribution >= 4 is 24.0 Å². The van der Waals surface area contributed by atoms with Crippen LogP contribution in [0.5, 0.6) is 0 Å². The van der Waals surface area contributed by atoms with Crippen molar-refractivity contribution in [2.75, 3.05) is 5.33 Å². The predicted octanol–water partition coefficient (Wildman–Crippen LogP) is 2.65. The van der Waals surface area contributed by atoms with Gasteiger partial charge in [-0.3, -0.25) is 0 Å². The molecule has 0 aliphatic carbocycles. The van der Waals surface area contributed by atoms with Gasteiger partial charge in [0.1, 0.15) is 8.07 Å². The van der Waals surface area contributed by atoms with E-state index in [9.17, 15) is 0 Å². The van der Waals surface area contributed by atoms with Crippen molar-refractivity contribution in [2.24, 2.45) is 0 Å². The Kier molecular flexibility index (Phi) is 4.25. The molecule has 0 aliphatic rings. The Bertz CT molecular complexity index is 124. The summed E-state index contributed by atoms with van der Waals surface area (Å²) in [7, 11) is -1.08. The second-order valence-corrected chi connectivity index (χ2v) is 8.53. The van der Waals surface area contributed by atoms with Crippen LogP contribution in [0.25, 0.3) is 0 Å². The lowest BCUT2D eigenvalue weighted by Crippen LogP contribution is -2.16. The van der Waals surface area contributed by atoms with Gasteiger partial charge in [-0.2, -0.15) is 0 Å². The second-order valence-electron chi connectivity index (χ2n) is 2.99. The highest BCUT2D eigenvalue weighted by Gasteiger charge is 2.06. The molecule has 0 rings (SSSR count). The normalized spacial score (nSPS) is 10.2. The smallest absolute Gasteiger partial charge is 0.129 e. The van der Waals surface area contributed by atoms with Gasteiger partial charge in [0.15, 0.2) is 0 Å². The second kappa shape index (κ2) is 4.13. The number of hydrogen-bond donors (Lipinski definition) is 0. The van der Waals surface area contributed by atoms with Crippen LogP contribution in [0.1, 0.15) is 6.42 Å². The highest BCUT2D eigenvalue weighted by atomic mass is 79.9. The maximum Gasteiger partial charge on any atom is 0.129 e. The first-order valence-corrected chi connectivity index (χ1v) is 7.74. The van der Waals surface area contributed by atoms with Crippen LogP contribution in [-0.2, 0) is 0 Å². The summed E-state index contributed by atoms with van der Waals surface area (Å²) in [6.45, 7) is 6.77. The van der Waals surface area contributed by atoms with Crippen molar-refractivity contribution in [3.63, 3.8) is 0 Å². The molecule has 0 bridgehead atoms. The molecule has 0 saturated heterocycles. The first-order valence-electron chi connectivity index (χ1n) is 3.12.